The Labute approximate surface area is 129 Å². The van der Waals surface area contributed by atoms with Gasteiger partial charge in [0.1, 0.15) is 12.4 Å². The Morgan fingerprint density at radius 2 is 2.00 bits per heavy atom. The molecule has 0 fully saturated rings. The van der Waals surface area contributed by atoms with Gasteiger partial charge in [-0.05, 0) is 37.6 Å². The molecule has 4 nitrogen and oxygen atoms in total. The van der Waals surface area contributed by atoms with Crippen molar-refractivity contribution in [3.05, 3.63) is 28.7 Å². The fourth-order valence-electron chi connectivity index (χ4n) is 1.78. The SMILES string of the molecule is CCC(C)(CN)C(=O)N(C)CCOc1ccc(Br)cc1. The van der Waals surface area contributed by atoms with Crippen molar-refractivity contribution in [2.45, 2.75) is 20.3 Å². The zero-order chi connectivity index (χ0) is 15.2. The number of amides is 1. The maximum Gasteiger partial charge on any atom is 0.229 e. The summed E-state index contributed by atoms with van der Waals surface area (Å²) in [4.78, 5) is 14.0. The lowest BCUT2D eigenvalue weighted by Gasteiger charge is -2.30. The Hall–Kier alpha value is -1.07. The maximum absolute atomic E-state index is 12.3. The van der Waals surface area contributed by atoms with Crippen molar-refractivity contribution < 1.29 is 9.53 Å². The molecule has 1 rings (SSSR count). The minimum atomic E-state index is -0.480. The van der Waals surface area contributed by atoms with Gasteiger partial charge >= 0.3 is 0 Å². The molecule has 0 saturated carbocycles. The number of nitrogens with two attached hydrogens (primary N) is 1. The Morgan fingerprint density at radius 3 is 2.50 bits per heavy atom. The van der Waals surface area contributed by atoms with E-state index in [1.165, 1.54) is 0 Å². The van der Waals surface area contributed by atoms with Crippen LogP contribution in [0.4, 0.5) is 0 Å². The van der Waals surface area contributed by atoms with Crippen molar-refractivity contribution in [2.75, 3.05) is 26.7 Å². The standard InChI is InChI=1S/C15H23BrN2O2/c1-4-15(2,11-17)14(19)18(3)9-10-20-13-7-5-12(16)6-8-13/h5-8H,4,9-11,17H2,1-3H3. The fourth-order valence-corrected chi connectivity index (χ4v) is 2.04. The number of halogens is 1. The Balaban J connectivity index is 2.45. The summed E-state index contributed by atoms with van der Waals surface area (Å²) in [6.07, 6.45) is 0.736. The molecule has 1 unspecified atom stereocenters. The van der Waals surface area contributed by atoms with E-state index in [-0.39, 0.29) is 5.91 Å². The molecule has 0 aromatic heterocycles. The zero-order valence-electron chi connectivity index (χ0n) is 12.4. The summed E-state index contributed by atoms with van der Waals surface area (Å²) in [6, 6.07) is 7.63. The molecule has 0 radical (unpaired) electrons. The van der Waals surface area contributed by atoms with Crippen LogP contribution >= 0.6 is 15.9 Å². The minimum absolute atomic E-state index is 0.0712. The summed E-state index contributed by atoms with van der Waals surface area (Å²) in [5.41, 5.74) is 5.23. The number of nitrogens with zero attached hydrogens (tertiary/aromatic N) is 1. The van der Waals surface area contributed by atoms with Crippen LogP contribution in [0.15, 0.2) is 28.7 Å². The molecule has 0 spiro atoms. The number of benzene rings is 1. The van der Waals surface area contributed by atoms with Gasteiger partial charge in [0.05, 0.1) is 12.0 Å². The molecule has 20 heavy (non-hydrogen) atoms. The van der Waals surface area contributed by atoms with Gasteiger partial charge in [0.15, 0.2) is 0 Å². The van der Waals surface area contributed by atoms with Gasteiger partial charge in [-0.1, -0.05) is 22.9 Å². The van der Waals surface area contributed by atoms with Crippen molar-refractivity contribution in [3.8, 4) is 5.75 Å². The van der Waals surface area contributed by atoms with Crippen LogP contribution in [0, 0.1) is 5.41 Å². The molecular weight excluding hydrogens is 320 g/mol. The second kappa shape index (κ2) is 7.64. The lowest BCUT2D eigenvalue weighted by molar-refractivity contribution is -0.139. The van der Waals surface area contributed by atoms with E-state index in [4.69, 9.17) is 10.5 Å². The summed E-state index contributed by atoms with van der Waals surface area (Å²) in [6.45, 7) is 5.26. The Kier molecular flexibility index (Phi) is 6.49. The lowest BCUT2D eigenvalue weighted by Crippen LogP contribution is -2.45. The van der Waals surface area contributed by atoms with Crippen LogP contribution < -0.4 is 10.5 Å². The largest absolute Gasteiger partial charge is 0.492 e. The third-order valence-corrected chi connectivity index (χ3v) is 4.13. The number of hydrogen-bond donors (Lipinski definition) is 1. The summed E-state index contributed by atoms with van der Waals surface area (Å²) in [7, 11) is 1.79. The molecule has 0 heterocycles. The molecule has 1 aromatic carbocycles. The quantitative estimate of drug-likeness (QED) is 0.828. The molecule has 0 aliphatic rings. The first kappa shape index (κ1) is 17.0. The van der Waals surface area contributed by atoms with Crippen LogP contribution in [-0.2, 0) is 4.79 Å². The number of carbonyl (C=O) groups excluding carboxylic acids is 1. The highest BCUT2D eigenvalue weighted by Crippen LogP contribution is 2.22. The van der Waals surface area contributed by atoms with Gasteiger partial charge in [0.2, 0.25) is 5.91 Å². The Bertz CT molecular complexity index is 430. The highest BCUT2D eigenvalue weighted by molar-refractivity contribution is 9.10. The molecule has 0 aliphatic heterocycles. The third kappa shape index (κ3) is 4.49. The van der Waals surface area contributed by atoms with E-state index < -0.39 is 5.41 Å². The van der Waals surface area contributed by atoms with Crippen molar-refractivity contribution in [1.82, 2.24) is 4.90 Å². The van der Waals surface area contributed by atoms with Crippen LogP contribution in [0.5, 0.6) is 5.75 Å². The maximum atomic E-state index is 12.3. The van der Waals surface area contributed by atoms with Crippen molar-refractivity contribution in [1.29, 1.82) is 0 Å². The average molecular weight is 343 g/mol. The highest BCUT2D eigenvalue weighted by Gasteiger charge is 2.32. The summed E-state index contributed by atoms with van der Waals surface area (Å²) < 4.78 is 6.63. The monoisotopic (exact) mass is 342 g/mol. The molecule has 0 bridgehead atoms. The predicted octanol–water partition coefficient (Wildman–Crippen LogP) is 2.66. The molecule has 2 N–H and O–H groups in total. The molecule has 0 aliphatic carbocycles. The molecule has 0 saturated heterocycles. The topological polar surface area (TPSA) is 55.6 Å². The third-order valence-electron chi connectivity index (χ3n) is 3.60. The van der Waals surface area contributed by atoms with E-state index in [2.05, 4.69) is 15.9 Å². The first-order chi connectivity index (χ1) is 9.42. The second-order valence-electron chi connectivity index (χ2n) is 5.15. The smallest absolute Gasteiger partial charge is 0.229 e. The van der Waals surface area contributed by atoms with Crippen molar-refractivity contribution >= 4 is 21.8 Å². The Morgan fingerprint density at radius 1 is 1.40 bits per heavy atom. The first-order valence-corrected chi connectivity index (χ1v) is 7.56. The number of carbonyl (C=O) groups is 1. The number of rotatable bonds is 7. The summed E-state index contributed by atoms with van der Waals surface area (Å²) >= 11 is 3.37. The molecule has 112 valence electrons. The predicted molar refractivity (Wildman–Crippen MR) is 84.7 cm³/mol. The van der Waals surface area contributed by atoms with E-state index in [9.17, 15) is 4.79 Å². The van der Waals surface area contributed by atoms with Crippen LogP contribution in [-0.4, -0.2) is 37.6 Å². The van der Waals surface area contributed by atoms with Gasteiger partial charge in [-0.2, -0.15) is 0 Å². The first-order valence-electron chi connectivity index (χ1n) is 6.77. The van der Waals surface area contributed by atoms with Gasteiger partial charge in [-0.3, -0.25) is 4.79 Å². The van der Waals surface area contributed by atoms with Crippen LogP contribution in [0.25, 0.3) is 0 Å². The molecule has 1 amide bonds. The number of likely N-dealkylation sites (N-methyl/N-ethyl adjacent to an activating group) is 1. The van der Waals surface area contributed by atoms with E-state index in [1.54, 1.807) is 11.9 Å². The van der Waals surface area contributed by atoms with Crippen molar-refractivity contribution in [3.63, 3.8) is 0 Å². The van der Waals surface area contributed by atoms with Gasteiger partial charge in [0.25, 0.3) is 0 Å². The zero-order valence-corrected chi connectivity index (χ0v) is 13.9. The van der Waals surface area contributed by atoms with Gasteiger partial charge in [0, 0.05) is 18.1 Å². The van der Waals surface area contributed by atoms with Crippen LogP contribution in [0.1, 0.15) is 20.3 Å². The van der Waals surface area contributed by atoms with E-state index in [1.807, 2.05) is 38.1 Å². The van der Waals surface area contributed by atoms with Gasteiger partial charge < -0.3 is 15.4 Å². The average Bonchev–Trinajstić information content (AvgIpc) is 2.47. The second-order valence-corrected chi connectivity index (χ2v) is 6.06. The summed E-state index contributed by atoms with van der Waals surface area (Å²) in [5, 5.41) is 0. The summed E-state index contributed by atoms with van der Waals surface area (Å²) in [5.74, 6) is 0.869. The van der Waals surface area contributed by atoms with Gasteiger partial charge in [-0.15, -0.1) is 0 Å². The fraction of sp³-hybridized carbons (Fsp3) is 0.533. The minimum Gasteiger partial charge on any atom is -0.492 e. The number of ether oxygens (including phenoxy) is 1. The lowest BCUT2D eigenvalue weighted by atomic mass is 9.86. The highest BCUT2D eigenvalue weighted by atomic mass is 79.9. The van der Waals surface area contributed by atoms with Crippen LogP contribution in [0.2, 0.25) is 0 Å². The molecular formula is C15H23BrN2O2. The van der Waals surface area contributed by atoms with E-state index >= 15 is 0 Å². The number of hydrogen-bond acceptors (Lipinski definition) is 3. The normalized spacial score (nSPS) is 13.7. The van der Waals surface area contributed by atoms with Crippen LogP contribution in [0.3, 0.4) is 0 Å². The molecule has 5 heteroatoms. The molecule has 1 atom stereocenters. The van der Waals surface area contributed by atoms with E-state index in [0.29, 0.717) is 19.7 Å². The van der Waals surface area contributed by atoms with Gasteiger partial charge in [-0.25, -0.2) is 0 Å². The van der Waals surface area contributed by atoms with E-state index in [0.717, 1.165) is 16.6 Å². The van der Waals surface area contributed by atoms with Crippen molar-refractivity contribution in [2.24, 2.45) is 11.1 Å². The molecule has 1 aromatic rings.